The minimum atomic E-state index is -0.995. The molecule has 0 fully saturated rings. The number of carbonyl (C=O) groups excluding carboxylic acids is 1. The quantitative estimate of drug-likeness (QED) is 0.331. The summed E-state index contributed by atoms with van der Waals surface area (Å²) in [4.78, 5) is 24.3. The lowest BCUT2D eigenvalue weighted by atomic mass is 10.00. The maximum atomic E-state index is 13.6. The lowest BCUT2D eigenvalue weighted by molar-refractivity contribution is -0.119. The van der Waals surface area contributed by atoms with Crippen molar-refractivity contribution < 1.29 is 4.79 Å². The third-order valence-electron chi connectivity index (χ3n) is 6.64. The first kappa shape index (κ1) is 28.7. The van der Waals surface area contributed by atoms with Gasteiger partial charge in [0.1, 0.15) is 0 Å². The Bertz CT molecular complexity index is 1420. The van der Waals surface area contributed by atoms with E-state index in [1.165, 1.54) is 0 Å². The normalized spacial score (nSPS) is 14.7. The van der Waals surface area contributed by atoms with E-state index >= 15 is 0 Å². The number of carbonyl (C=O) groups is 1. The van der Waals surface area contributed by atoms with Gasteiger partial charge in [0.2, 0.25) is 6.17 Å². The molecule has 0 aromatic heterocycles. The van der Waals surface area contributed by atoms with E-state index in [1.807, 2.05) is 50.5 Å². The fourth-order valence-electron chi connectivity index (χ4n) is 4.52. The van der Waals surface area contributed by atoms with Gasteiger partial charge in [-0.25, -0.2) is 4.99 Å². The van der Waals surface area contributed by atoms with Crippen LogP contribution in [0.2, 0.25) is 10.0 Å². The second-order valence-corrected chi connectivity index (χ2v) is 10.5. The van der Waals surface area contributed by atoms with Gasteiger partial charge in [-0.1, -0.05) is 41.4 Å². The molecule has 3 aromatic carbocycles. The van der Waals surface area contributed by atoms with Crippen LogP contribution in [-0.2, 0) is 4.79 Å². The highest BCUT2D eigenvalue weighted by Gasteiger charge is 2.31. The van der Waals surface area contributed by atoms with Crippen molar-refractivity contribution in [2.24, 2.45) is 4.99 Å². The standard InChI is InChI=1S/C29H32Cl2N6OS/c1-6-37(7-2)25-17-19(35(3)4)13-14-23(25)32-29(39)34-27-28(38)36(5)24-15-12-18(30)16-21(24)26(33-27)20-10-8-9-11-22(20)31/h8-17,27H,6-7H2,1-5H3,(H2,32,34,39). The van der Waals surface area contributed by atoms with E-state index in [0.717, 1.165) is 30.2 Å². The summed E-state index contributed by atoms with van der Waals surface area (Å²) in [6.07, 6.45) is -0.995. The summed E-state index contributed by atoms with van der Waals surface area (Å²) in [5.41, 5.74) is 5.55. The molecular weight excluding hydrogens is 551 g/mol. The zero-order chi connectivity index (χ0) is 28.3. The Morgan fingerprint density at radius 1 is 1.03 bits per heavy atom. The van der Waals surface area contributed by atoms with Crippen LogP contribution in [0.15, 0.2) is 65.7 Å². The maximum absolute atomic E-state index is 13.6. The summed E-state index contributed by atoms with van der Waals surface area (Å²) in [7, 11) is 5.73. The van der Waals surface area contributed by atoms with Crippen molar-refractivity contribution >= 4 is 74.9 Å². The Kier molecular flexibility index (Phi) is 9.00. The van der Waals surface area contributed by atoms with Gasteiger partial charge in [0.05, 0.1) is 22.8 Å². The van der Waals surface area contributed by atoms with Crippen molar-refractivity contribution in [3.05, 3.63) is 81.8 Å². The highest BCUT2D eigenvalue weighted by Crippen LogP contribution is 2.33. The number of hydrogen-bond donors (Lipinski definition) is 2. The molecule has 7 nitrogen and oxygen atoms in total. The minimum Gasteiger partial charge on any atom is -0.378 e. The van der Waals surface area contributed by atoms with Crippen LogP contribution in [0.4, 0.5) is 22.7 Å². The van der Waals surface area contributed by atoms with Gasteiger partial charge in [-0.2, -0.15) is 0 Å². The molecule has 204 valence electrons. The molecule has 0 saturated carbocycles. The van der Waals surface area contributed by atoms with Gasteiger partial charge in [-0.15, -0.1) is 0 Å². The predicted molar refractivity (Wildman–Crippen MR) is 169 cm³/mol. The molecular formula is C29H32Cl2N6OS. The van der Waals surface area contributed by atoms with E-state index in [4.69, 9.17) is 40.4 Å². The van der Waals surface area contributed by atoms with Crippen molar-refractivity contribution in [1.82, 2.24) is 5.32 Å². The van der Waals surface area contributed by atoms with Crippen molar-refractivity contribution in [3.63, 3.8) is 0 Å². The average Bonchev–Trinajstić information content (AvgIpc) is 3.00. The molecule has 2 N–H and O–H groups in total. The van der Waals surface area contributed by atoms with Crippen LogP contribution in [0.5, 0.6) is 0 Å². The molecule has 0 bridgehead atoms. The van der Waals surface area contributed by atoms with E-state index < -0.39 is 6.17 Å². The van der Waals surface area contributed by atoms with Crippen LogP contribution in [0.25, 0.3) is 0 Å². The zero-order valence-electron chi connectivity index (χ0n) is 22.6. The third-order valence-corrected chi connectivity index (χ3v) is 7.43. The Morgan fingerprint density at radius 3 is 2.41 bits per heavy atom. The SMILES string of the molecule is CCN(CC)c1cc(N(C)C)ccc1NC(=S)NC1N=C(c2ccccc2Cl)c2cc(Cl)ccc2N(C)C1=O. The summed E-state index contributed by atoms with van der Waals surface area (Å²) in [5.74, 6) is -0.267. The lowest BCUT2D eigenvalue weighted by Crippen LogP contribution is -2.47. The number of anilines is 4. The number of benzodiazepines with no additional fused rings is 1. The molecule has 4 rings (SSSR count). The number of hydrogen-bond acceptors (Lipinski definition) is 5. The number of benzene rings is 3. The first-order chi connectivity index (χ1) is 18.6. The topological polar surface area (TPSA) is 63.2 Å². The van der Waals surface area contributed by atoms with Crippen LogP contribution in [0, 0.1) is 0 Å². The Morgan fingerprint density at radius 2 is 1.74 bits per heavy atom. The second-order valence-electron chi connectivity index (χ2n) is 9.29. The van der Waals surface area contributed by atoms with Gasteiger partial charge in [0.25, 0.3) is 5.91 Å². The molecule has 1 atom stereocenters. The van der Waals surface area contributed by atoms with Crippen molar-refractivity contribution in [2.75, 3.05) is 54.2 Å². The molecule has 1 amide bonds. The van der Waals surface area contributed by atoms with Crippen LogP contribution >= 0.6 is 35.4 Å². The fourth-order valence-corrected chi connectivity index (χ4v) is 5.14. The number of nitrogens with one attached hydrogen (secondary N) is 2. The molecule has 0 radical (unpaired) electrons. The lowest BCUT2D eigenvalue weighted by Gasteiger charge is -2.27. The molecule has 1 aliphatic heterocycles. The van der Waals surface area contributed by atoms with E-state index in [2.05, 4.69) is 40.3 Å². The number of aliphatic imine (C=N–C) groups is 1. The summed E-state index contributed by atoms with van der Waals surface area (Å²) >= 11 is 18.7. The fraction of sp³-hybridized carbons (Fsp3) is 0.276. The van der Waals surface area contributed by atoms with Crippen molar-refractivity contribution in [1.29, 1.82) is 0 Å². The van der Waals surface area contributed by atoms with Crippen molar-refractivity contribution in [3.8, 4) is 0 Å². The highest BCUT2D eigenvalue weighted by atomic mass is 35.5. The molecule has 0 aliphatic carbocycles. The maximum Gasteiger partial charge on any atom is 0.272 e. The number of rotatable bonds is 7. The van der Waals surface area contributed by atoms with Crippen LogP contribution < -0.4 is 25.3 Å². The number of likely N-dealkylation sites (N-methyl/N-ethyl adjacent to an activating group) is 1. The van der Waals surface area contributed by atoms with Gasteiger partial charge in [0.15, 0.2) is 5.11 Å². The number of fused-ring (bicyclic) bond motifs is 1. The summed E-state index contributed by atoms with van der Waals surface area (Å²) in [5, 5.41) is 7.76. The van der Waals surface area contributed by atoms with Crippen molar-refractivity contribution in [2.45, 2.75) is 20.0 Å². The predicted octanol–water partition coefficient (Wildman–Crippen LogP) is 6.03. The number of amides is 1. The van der Waals surface area contributed by atoms with Gasteiger partial charge < -0.3 is 25.3 Å². The van der Waals surface area contributed by atoms with E-state index in [1.54, 1.807) is 30.1 Å². The Labute approximate surface area is 245 Å². The molecule has 1 unspecified atom stereocenters. The summed E-state index contributed by atoms with van der Waals surface area (Å²) in [6, 6.07) is 18.9. The average molecular weight is 584 g/mol. The first-order valence-corrected chi connectivity index (χ1v) is 13.8. The smallest absolute Gasteiger partial charge is 0.272 e. The third kappa shape index (κ3) is 6.13. The van der Waals surface area contributed by atoms with E-state index in [9.17, 15) is 4.79 Å². The zero-order valence-corrected chi connectivity index (χ0v) is 25.0. The first-order valence-electron chi connectivity index (χ1n) is 12.7. The molecule has 0 spiro atoms. The van der Waals surface area contributed by atoms with Gasteiger partial charge in [-0.05, 0) is 68.5 Å². The number of halogens is 2. The van der Waals surface area contributed by atoms with Gasteiger partial charge in [-0.3, -0.25) is 4.79 Å². The summed E-state index contributed by atoms with van der Waals surface area (Å²) in [6.45, 7) is 5.89. The monoisotopic (exact) mass is 582 g/mol. The van der Waals surface area contributed by atoms with Crippen LogP contribution in [0.3, 0.4) is 0 Å². The Hall–Kier alpha value is -3.33. The molecule has 39 heavy (non-hydrogen) atoms. The van der Waals surface area contributed by atoms with Crippen LogP contribution in [-0.4, -0.2) is 57.1 Å². The number of thiocarbonyl (C=S) groups is 1. The summed E-state index contributed by atoms with van der Waals surface area (Å²) < 4.78 is 0. The van der Waals surface area contributed by atoms with Gasteiger partial charge >= 0.3 is 0 Å². The highest BCUT2D eigenvalue weighted by molar-refractivity contribution is 7.80. The molecule has 1 heterocycles. The largest absolute Gasteiger partial charge is 0.378 e. The number of nitrogens with zero attached hydrogens (tertiary/aromatic N) is 4. The van der Waals surface area contributed by atoms with Gasteiger partial charge in [0, 0.05) is 61.1 Å². The van der Waals surface area contributed by atoms with E-state index in [0.29, 0.717) is 32.6 Å². The Balaban J connectivity index is 1.71. The van der Waals surface area contributed by atoms with E-state index in [-0.39, 0.29) is 11.0 Å². The molecule has 1 aliphatic rings. The van der Waals surface area contributed by atoms with Crippen LogP contribution in [0.1, 0.15) is 25.0 Å². The minimum absolute atomic E-state index is 0.267. The molecule has 3 aromatic rings. The molecule has 0 saturated heterocycles. The second kappa shape index (κ2) is 12.2. The molecule has 10 heteroatoms.